The number of benzene rings is 1. The van der Waals surface area contributed by atoms with Crippen molar-refractivity contribution in [2.45, 2.75) is 26.7 Å². The van der Waals surface area contributed by atoms with Gasteiger partial charge in [0.05, 0.1) is 0 Å². The number of phenolic OH excluding ortho intramolecular Hbond substituents is 1. The maximum atomic E-state index is 13.5. The standard InChI is InChI=1S/C15H18FN3O/c1-4-17-14-8-12(9(2)3)18-15(19-14)10-5-6-13(20)11(16)7-10/h5-9,20H,4H2,1-3H3,(H,17,18,19). The molecule has 0 spiro atoms. The van der Waals surface area contributed by atoms with Crippen LogP contribution in [0.25, 0.3) is 11.4 Å². The minimum atomic E-state index is -0.675. The van der Waals surface area contributed by atoms with E-state index in [0.29, 0.717) is 11.4 Å². The molecule has 2 N–H and O–H groups in total. The van der Waals surface area contributed by atoms with Gasteiger partial charge in [-0.2, -0.15) is 0 Å². The smallest absolute Gasteiger partial charge is 0.165 e. The summed E-state index contributed by atoms with van der Waals surface area (Å²) in [5.74, 6) is 0.364. The molecule has 2 aromatic rings. The van der Waals surface area contributed by atoms with Gasteiger partial charge < -0.3 is 10.4 Å². The zero-order chi connectivity index (χ0) is 14.7. The normalized spacial score (nSPS) is 10.8. The number of rotatable bonds is 4. The molecule has 5 heteroatoms. The van der Waals surface area contributed by atoms with Gasteiger partial charge in [-0.15, -0.1) is 0 Å². The molecule has 0 aliphatic rings. The Hall–Kier alpha value is -2.17. The van der Waals surface area contributed by atoms with Gasteiger partial charge in [-0.1, -0.05) is 13.8 Å². The van der Waals surface area contributed by atoms with E-state index in [2.05, 4.69) is 15.3 Å². The molecule has 0 atom stereocenters. The van der Waals surface area contributed by atoms with Crippen LogP contribution in [-0.2, 0) is 0 Å². The lowest BCUT2D eigenvalue weighted by atomic mass is 10.1. The Kier molecular flexibility index (Phi) is 4.17. The van der Waals surface area contributed by atoms with E-state index in [1.54, 1.807) is 6.07 Å². The molecule has 1 aromatic heterocycles. The highest BCUT2D eigenvalue weighted by Gasteiger charge is 2.11. The van der Waals surface area contributed by atoms with Crippen LogP contribution in [0.4, 0.5) is 10.2 Å². The SMILES string of the molecule is CCNc1cc(C(C)C)nc(-c2ccc(O)c(F)c2)n1. The van der Waals surface area contributed by atoms with Gasteiger partial charge >= 0.3 is 0 Å². The molecular weight excluding hydrogens is 257 g/mol. The number of nitrogens with zero attached hydrogens (tertiary/aromatic N) is 2. The second-order valence-electron chi connectivity index (χ2n) is 4.85. The Balaban J connectivity index is 2.51. The molecule has 0 fully saturated rings. The quantitative estimate of drug-likeness (QED) is 0.896. The van der Waals surface area contributed by atoms with Crippen LogP contribution in [0.1, 0.15) is 32.4 Å². The largest absolute Gasteiger partial charge is 0.505 e. The van der Waals surface area contributed by atoms with Crippen LogP contribution < -0.4 is 5.32 Å². The molecule has 0 bridgehead atoms. The summed E-state index contributed by atoms with van der Waals surface area (Å²) in [4.78, 5) is 8.83. The lowest BCUT2D eigenvalue weighted by Gasteiger charge is -2.11. The zero-order valence-electron chi connectivity index (χ0n) is 11.8. The van der Waals surface area contributed by atoms with E-state index in [1.165, 1.54) is 12.1 Å². The molecule has 106 valence electrons. The van der Waals surface area contributed by atoms with E-state index in [1.807, 2.05) is 26.8 Å². The van der Waals surface area contributed by atoms with Crippen molar-refractivity contribution >= 4 is 5.82 Å². The number of phenols is 1. The van der Waals surface area contributed by atoms with E-state index >= 15 is 0 Å². The highest BCUT2D eigenvalue weighted by Crippen LogP contribution is 2.25. The average molecular weight is 275 g/mol. The van der Waals surface area contributed by atoms with Gasteiger partial charge in [-0.05, 0) is 31.0 Å². The summed E-state index contributed by atoms with van der Waals surface area (Å²) in [6, 6.07) is 6.05. The first-order chi connectivity index (χ1) is 9.51. The summed E-state index contributed by atoms with van der Waals surface area (Å²) in [5, 5.41) is 12.4. The number of aromatic nitrogens is 2. The third-order valence-corrected chi connectivity index (χ3v) is 2.90. The first-order valence-electron chi connectivity index (χ1n) is 6.63. The lowest BCUT2D eigenvalue weighted by Crippen LogP contribution is -2.05. The fraction of sp³-hybridized carbons (Fsp3) is 0.333. The minimum Gasteiger partial charge on any atom is -0.505 e. The molecule has 0 saturated heterocycles. The molecule has 1 heterocycles. The number of hydrogen-bond donors (Lipinski definition) is 2. The summed E-state index contributed by atoms with van der Waals surface area (Å²) in [6.07, 6.45) is 0. The van der Waals surface area contributed by atoms with Gasteiger partial charge in [0.15, 0.2) is 17.4 Å². The Morgan fingerprint density at radius 3 is 2.60 bits per heavy atom. The maximum Gasteiger partial charge on any atom is 0.165 e. The first-order valence-corrected chi connectivity index (χ1v) is 6.63. The predicted octanol–water partition coefficient (Wildman–Crippen LogP) is 3.54. The summed E-state index contributed by atoms with van der Waals surface area (Å²) in [7, 11) is 0. The number of aromatic hydroxyl groups is 1. The number of hydrogen-bond acceptors (Lipinski definition) is 4. The van der Waals surface area contributed by atoms with Crippen LogP contribution in [0.5, 0.6) is 5.75 Å². The van der Waals surface area contributed by atoms with Crippen molar-refractivity contribution in [1.29, 1.82) is 0 Å². The summed E-state index contributed by atoms with van der Waals surface area (Å²) in [6.45, 7) is 6.81. The molecule has 0 saturated carbocycles. The van der Waals surface area contributed by atoms with Crippen LogP contribution in [0.15, 0.2) is 24.3 Å². The number of nitrogens with one attached hydrogen (secondary N) is 1. The van der Waals surface area contributed by atoms with Crippen molar-refractivity contribution < 1.29 is 9.50 Å². The van der Waals surface area contributed by atoms with E-state index in [-0.39, 0.29) is 11.7 Å². The monoisotopic (exact) mass is 275 g/mol. The van der Waals surface area contributed by atoms with Crippen molar-refractivity contribution in [2.24, 2.45) is 0 Å². The van der Waals surface area contributed by atoms with Crippen molar-refractivity contribution in [3.63, 3.8) is 0 Å². The van der Waals surface area contributed by atoms with Crippen molar-refractivity contribution in [3.05, 3.63) is 35.8 Å². The molecule has 0 aliphatic heterocycles. The van der Waals surface area contributed by atoms with Crippen LogP contribution in [0.3, 0.4) is 0 Å². The maximum absolute atomic E-state index is 13.5. The van der Waals surface area contributed by atoms with E-state index in [0.717, 1.165) is 18.1 Å². The van der Waals surface area contributed by atoms with Gasteiger partial charge in [0, 0.05) is 23.9 Å². The second kappa shape index (κ2) is 5.86. The molecular formula is C15H18FN3O. The van der Waals surface area contributed by atoms with Gasteiger partial charge in [-0.25, -0.2) is 14.4 Å². The Morgan fingerprint density at radius 1 is 1.25 bits per heavy atom. The molecule has 4 nitrogen and oxygen atoms in total. The van der Waals surface area contributed by atoms with Gasteiger partial charge in [0.25, 0.3) is 0 Å². The van der Waals surface area contributed by atoms with Gasteiger partial charge in [-0.3, -0.25) is 0 Å². The molecule has 2 rings (SSSR count). The molecule has 0 radical (unpaired) electrons. The third-order valence-electron chi connectivity index (χ3n) is 2.90. The highest BCUT2D eigenvalue weighted by atomic mass is 19.1. The lowest BCUT2D eigenvalue weighted by molar-refractivity contribution is 0.432. The molecule has 0 aliphatic carbocycles. The zero-order valence-corrected chi connectivity index (χ0v) is 11.8. The van der Waals surface area contributed by atoms with Crippen LogP contribution in [-0.4, -0.2) is 21.6 Å². The van der Waals surface area contributed by atoms with E-state index < -0.39 is 5.82 Å². The van der Waals surface area contributed by atoms with Crippen LogP contribution >= 0.6 is 0 Å². The summed E-state index contributed by atoms with van der Waals surface area (Å²) in [5.41, 5.74) is 1.43. The predicted molar refractivity (Wildman–Crippen MR) is 77.3 cm³/mol. The molecule has 20 heavy (non-hydrogen) atoms. The Labute approximate surface area is 117 Å². The summed E-state index contributed by atoms with van der Waals surface area (Å²) < 4.78 is 13.5. The summed E-state index contributed by atoms with van der Waals surface area (Å²) >= 11 is 0. The first kappa shape index (κ1) is 14.2. The van der Waals surface area contributed by atoms with Crippen LogP contribution in [0.2, 0.25) is 0 Å². The molecule has 1 aromatic carbocycles. The number of halogens is 1. The second-order valence-corrected chi connectivity index (χ2v) is 4.85. The topological polar surface area (TPSA) is 58.0 Å². The van der Waals surface area contributed by atoms with Gasteiger partial charge in [0.1, 0.15) is 5.82 Å². The average Bonchev–Trinajstić information content (AvgIpc) is 2.42. The molecule has 0 unspecified atom stereocenters. The third kappa shape index (κ3) is 3.04. The molecule has 0 amide bonds. The van der Waals surface area contributed by atoms with Crippen molar-refractivity contribution in [3.8, 4) is 17.1 Å². The van der Waals surface area contributed by atoms with Crippen molar-refractivity contribution in [1.82, 2.24) is 9.97 Å². The fourth-order valence-electron chi connectivity index (χ4n) is 1.81. The van der Waals surface area contributed by atoms with Crippen LogP contribution in [0, 0.1) is 5.82 Å². The minimum absolute atomic E-state index is 0.246. The Bertz CT molecular complexity index is 614. The number of anilines is 1. The highest BCUT2D eigenvalue weighted by molar-refractivity contribution is 5.59. The van der Waals surface area contributed by atoms with Gasteiger partial charge in [0.2, 0.25) is 0 Å². The van der Waals surface area contributed by atoms with E-state index in [4.69, 9.17) is 0 Å². The van der Waals surface area contributed by atoms with E-state index in [9.17, 15) is 9.50 Å². The Morgan fingerprint density at radius 2 is 2.00 bits per heavy atom. The van der Waals surface area contributed by atoms with Crippen molar-refractivity contribution in [2.75, 3.05) is 11.9 Å². The fourth-order valence-corrected chi connectivity index (χ4v) is 1.81.